The lowest BCUT2D eigenvalue weighted by Gasteiger charge is -2.20. The minimum atomic E-state index is -4.57. The van der Waals surface area contributed by atoms with Gasteiger partial charge in [-0.2, -0.15) is 13.2 Å². The molecule has 2 rings (SSSR count). The number of aryl methyl sites for hydroxylation is 1. The molecule has 0 saturated carbocycles. The Morgan fingerprint density at radius 2 is 2.20 bits per heavy atom. The van der Waals surface area contributed by atoms with E-state index in [-0.39, 0.29) is 0 Å². The Morgan fingerprint density at radius 3 is 2.87 bits per heavy atom. The molecule has 0 fully saturated rings. The van der Waals surface area contributed by atoms with Crippen molar-refractivity contribution in [2.24, 2.45) is 0 Å². The lowest BCUT2D eigenvalue weighted by Crippen LogP contribution is -2.34. The lowest BCUT2D eigenvalue weighted by atomic mass is 9.99. The van der Waals surface area contributed by atoms with Crippen LogP contribution in [0, 0.1) is 0 Å². The largest absolute Gasteiger partial charge is 0.415 e. The topological polar surface area (TPSA) is 33.1 Å². The highest BCUT2D eigenvalue weighted by Gasteiger charge is 2.46. The molecule has 2 unspecified atom stereocenters. The van der Waals surface area contributed by atoms with Crippen molar-refractivity contribution in [1.29, 1.82) is 0 Å². The van der Waals surface area contributed by atoms with E-state index in [0.717, 1.165) is 5.56 Å². The Morgan fingerprint density at radius 1 is 1.47 bits per heavy atom. The highest BCUT2D eigenvalue weighted by atomic mass is 19.4. The monoisotopic (exact) mass is 217 g/mol. The van der Waals surface area contributed by atoms with Crippen molar-refractivity contribution in [2.75, 3.05) is 0 Å². The number of halogens is 3. The average molecular weight is 217 g/mol. The summed E-state index contributed by atoms with van der Waals surface area (Å²) in [5.41, 5.74) is 1.20. The standard InChI is InChI=1S/C10H10F3NO/c11-10(12,13)9(15)7-4-3-6-2-1-5-14-8(6)7/h1-2,5,7,9,15H,3-4H2. The van der Waals surface area contributed by atoms with Gasteiger partial charge in [-0.3, -0.25) is 4.98 Å². The number of aliphatic hydroxyl groups is 1. The molecule has 0 radical (unpaired) electrons. The summed E-state index contributed by atoms with van der Waals surface area (Å²) >= 11 is 0. The van der Waals surface area contributed by atoms with Crippen LogP contribution in [0.3, 0.4) is 0 Å². The van der Waals surface area contributed by atoms with Crippen LogP contribution < -0.4 is 0 Å². The number of nitrogens with zero attached hydrogens (tertiary/aromatic N) is 1. The summed E-state index contributed by atoms with van der Waals surface area (Å²) in [5.74, 6) is -0.902. The van der Waals surface area contributed by atoms with E-state index in [1.54, 1.807) is 12.1 Å². The normalized spacial score (nSPS) is 22.5. The number of hydrogen-bond donors (Lipinski definition) is 1. The molecule has 1 N–H and O–H groups in total. The summed E-state index contributed by atoms with van der Waals surface area (Å²) in [6.45, 7) is 0. The third-order valence-electron chi connectivity index (χ3n) is 2.72. The second kappa shape index (κ2) is 3.48. The van der Waals surface area contributed by atoms with Crippen molar-refractivity contribution in [1.82, 2.24) is 4.98 Å². The Labute approximate surface area is 84.8 Å². The van der Waals surface area contributed by atoms with Gasteiger partial charge in [-0.15, -0.1) is 0 Å². The SMILES string of the molecule is OC(C1CCc2cccnc21)C(F)(F)F. The molecular weight excluding hydrogens is 207 g/mol. The number of fused-ring (bicyclic) bond motifs is 1. The van der Waals surface area contributed by atoms with Crippen molar-refractivity contribution < 1.29 is 18.3 Å². The van der Waals surface area contributed by atoms with Crippen LogP contribution in [-0.2, 0) is 6.42 Å². The van der Waals surface area contributed by atoms with E-state index >= 15 is 0 Å². The van der Waals surface area contributed by atoms with Crippen molar-refractivity contribution in [3.05, 3.63) is 29.6 Å². The molecule has 2 nitrogen and oxygen atoms in total. The van der Waals surface area contributed by atoms with Gasteiger partial charge in [-0.05, 0) is 24.5 Å². The Kier molecular flexibility index (Phi) is 2.42. The van der Waals surface area contributed by atoms with Gasteiger partial charge < -0.3 is 5.11 Å². The molecule has 82 valence electrons. The molecule has 1 aliphatic carbocycles. The predicted octanol–water partition coefficient (Wildman–Crippen LogP) is 2.03. The summed E-state index contributed by atoms with van der Waals surface area (Å²) in [4.78, 5) is 3.92. The van der Waals surface area contributed by atoms with Crippen molar-refractivity contribution in [2.45, 2.75) is 31.0 Å². The summed E-state index contributed by atoms with van der Waals surface area (Å²) in [6.07, 6.45) is -4.54. The summed E-state index contributed by atoms with van der Waals surface area (Å²) in [7, 11) is 0. The van der Waals surface area contributed by atoms with E-state index in [0.29, 0.717) is 18.5 Å². The maximum Gasteiger partial charge on any atom is 0.415 e. The number of rotatable bonds is 1. The van der Waals surface area contributed by atoms with Crippen LogP contribution >= 0.6 is 0 Å². The summed E-state index contributed by atoms with van der Waals surface area (Å²) in [5, 5.41) is 9.17. The minimum Gasteiger partial charge on any atom is -0.383 e. The molecule has 0 saturated heterocycles. The fourth-order valence-corrected chi connectivity index (χ4v) is 1.98. The van der Waals surface area contributed by atoms with Crippen LogP contribution in [0.4, 0.5) is 13.2 Å². The zero-order valence-electron chi connectivity index (χ0n) is 7.83. The van der Waals surface area contributed by atoms with Gasteiger partial charge in [0.2, 0.25) is 0 Å². The number of hydrogen-bond acceptors (Lipinski definition) is 2. The van der Waals surface area contributed by atoms with E-state index < -0.39 is 18.2 Å². The molecular formula is C10H10F3NO. The third-order valence-corrected chi connectivity index (χ3v) is 2.72. The molecule has 15 heavy (non-hydrogen) atoms. The highest BCUT2D eigenvalue weighted by Crippen LogP contribution is 2.39. The molecule has 1 aliphatic rings. The average Bonchev–Trinajstić information content (AvgIpc) is 2.58. The Hall–Kier alpha value is -1.10. The molecule has 5 heteroatoms. The smallest absolute Gasteiger partial charge is 0.383 e. The molecule has 0 aromatic carbocycles. The van der Waals surface area contributed by atoms with E-state index in [4.69, 9.17) is 5.11 Å². The van der Waals surface area contributed by atoms with E-state index in [1.165, 1.54) is 6.20 Å². The first-order valence-corrected chi connectivity index (χ1v) is 4.68. The molecule has 0 spiro atoms. The number of pyridine rings is 1. The predicted molar refractivity (Wildman–Crippen MR) is 47.4 cm³/mol. The van der Waals surface area contributed by atoms with Crippen molar-refractivity contribution in [3.8, 4) is 0 Å². The van der Waals surface area contributed by atoms with Gasteiger partial charge in [0.15, 0.2) is 6.10 Å². The fourth-order valence-electron chi connectivity index (χ4n) is 1.98. The van der Waals surface area contributed by atoms with Crippen LogP contribution in [0.15, 0.2) is 18.3 Å². The first-order chi connectivity index (χ1) is 7.00. The maximum atomic E-state index is 12.3. The van der Waals surface area contributed by atoms with E-state index in [9.17, 15) is 13.2 Å². The first kappa shape index (κ1) is 10.4. The fraction of sp³-hybridized carbons (Fsp3) is 0.500. The van der Waals surface area contributed by atoms with E-state index in [2.05, 4.69) is 4.98 Å². The third kappa shape index (κ3) is 1.84. The number of aromatic nitrogens is 1. The molecule has 1 aromatic rings. The van der Waals surface area contributed by atoms with Crippen LogP contribution in [0.25, 0.3) is 0 Å². The molecule has 1 aromatic heterocycles. The van der Waals surface area contributed by atoms with Crippen LogP contribution in [0.2, 0.25) is 0 Å². The van der Waals surface area contributed by atoms with Crippen molar-refractivity contribution in [3.63, 3.8) is 0 Å². The Bertz CT molecular complexity index is 364. The Balaban J connectivity index is 2.28. The molecule has 0 aliphatic heterocycles. The van der Waals surface area contributed by atoms with Gasteiger partial charge in [0, 0.05) is 17.8 Å². The number of aliphatic hydroxyl groups excluding tert-OH is 1. The van der Waals surface area contributed by atoms with Gasteiger partial charge in [0.25, 0.3) is 0 Å². The molecule has 2 atom stereocenters. The minimum absolute atomic E-state index is 0.313. The zero-order valence-corrected chi connectivity index (χ0v) is 7.83. The summed E-state index contributed by atoms with van der Waals surface area (Å²) in [6, 6.07) is 3.45. The van der Waals surface area contributed by atoms with Gasteiger partial charge >= 0.3 is 6.18 Å². The highest BCUT2D eigenvalue weighted by molar-refractivity contribution is 5.29. The maximum absolute atomic E-state index is 12.3. The number of alkyl halides is 3. The lowest BCUT2D eigenvalue weighted by molar-refractivity contribution is -0.210. The van der Waals surface area contributed by atoms with E-state index in [1.807, 2.05) is 0 Å². The van der Waals surface area contributed by atoms with Gasteiger partial charge in [-0.1, -0.05) is 6.07 Å². The van der Waals surface area contributed by atoms with Crippen molar-refractivity contribution >= 4 is 0 Å². The molecule has 0 amide bonds. The summed E-state index contributed by atoms with van der Waals surface area (Å²) < 4.78 is 37.0. The van der Waals surface area contributed by atoms with Gasteiger partial charge in [0.1, 0.15) is 0 Å². The van der Waals surface area contributed by atoms with Crippen LogP contribution in [0.1, 0.15) is 23.6 Å². The van der Waals surface area contributed by atoms with Crippen LogP contribution in [-0.4, -0.2) is 22.4 Å². The molecule has 0 bridgehead atoms. The second-order valence-electron chi connectivity index (χ2n) is 3.68. The van der Waals surface area contributed by atoms with Gasteiger partial charge in [0.05, 0.1) is 0 Å². The second-order valence-corrected chi connectivity index (χ2v) is 3.68. The molecule has 1 heterocycles. The first-order valence-electron chi connectivity index (χ1n) is 4.68. The van der Waals surface area contributed by atoms with Crippen LogP contribution in [0.5, 0.6) is 0 Å². The quantitative estimate of drug-likeness (QED) is 0.780. The zero-order chi connectivity index (χ0) is 11.1. The van der Waals surface area contributed by atoms with Gasteiger partial charge in [-0.25, -0.2) is 0 Å².